The summed E-state index contributed by atoms with van der Waals surface area (Å²) in [6.07, 6.45) is 0. The fraction of sp³-hybridized carbons (Fsp3) is 0. The maximum absolute atomic E-state index is 0. The van der Waals surface area contributed by atoms with Crippen molar-refractivity contribution in [2.24, 2.45) is 0 Å². The maximum atomic E-state index is 0. The normalized spacial score (nSPS) is 0. The Balaban J connectivity index is 0. The number of hydrogen-bond donors (Lipinski definition) is 0. The molecule has 0 aliphatic carbocycles. The van der Waals surface area contributed by atoms with E-state index in [0.717, 1.165) is 0 Å². The summed E-state index contributed by atoms with van der Waals surface area (Å²) >= 11 is 0. The Morgan fingerprint density at radius 1 is 0.500 bits per heavy atom. The Morgan fingerprint density at radius 2 is 0.500 bits per heavy atom. The molecule has 0 fully saturated rings. The van der Waals surface area contributed by atoms with Gasteiger partial charge in [0.2, 0.25) is 0 Å². The van der Waals surface area contributed by atoms with Crippen LogP contribution in [0.15, 0.2) is 0 Å². The van der Waals surface area contributed by atoms with Crippen LogP contribution in [-0.4, -0.2) is 99.5 Å². The van der Waals surface area contributed by atoms with Crippen molar-refractivity contribution in [1.29, 1.82) is 0 Å². The molecule has 12 radical (unpaired) electrons. The van der Waals surface area contributed by atoms with Crippen LogP contribution in [0.3, 0.4) is 0 Å². The second-order valence-electron chi connectivity index (χ2n) is 0. The average Bonchev–Trinajstić information content (AvgIpc) is 0. The zero-order valence-corrected chi connectivity index (χ0v) is 12.9. The van der Waals surface area contributed by atoms with Gasteiger partial charge in [0, 0.05) is 99.5 Å². The molecule has 0 rings (SSSR count). The van der Waals surface area contributed by atoms with E-state index in [2.05, 4.69) is 0 Å². The van der Waals surface area contributed by atoms with Gasteiger partial charge in [0.15, 0.2) is 0 Å². The monoisotopic (exact) mass is 572 g/mol. The van der Waals surface area contributed by atoms with E-state index in [9.17, 15) is 0 Å². The van der Waals surface area contributed by atoms with E-state index in [-0.39, 0.29) is 99.5 Å². The first kappa shape index (κ1) is 26.5. The van der Waals surface area contributed by atoms with Gasteiger partial charge in [-0.05, 0) is 0 Å². The summed E-state index contributed by atoms with van der Waals surface area (Å²) < 4.78 is 0. The van der Waals surface area contributed by atoms with Crippen LogP contribution in [0.25, 0.3) is 0 Å². The van der Waals surface area contributed by atoms with E-state index in [4.69, 9.17) is 0 Å². The summed E-state index contributed by atoms with van der Waals surface area (Å²) in [7, 11) is 0. The minimum Gasteiger partial charge on any atom is 0 e. The number of rotatable bonds is 0. The minimum atomic E-state index is 0. The van der Waals surface area contributed by atoms with Crippen LogP contribution in [0.2, 0.25) is 0 Å². The van der Waals surface area contributed by atoms with E-state index in [1.54, 1.807) is 0 Å². The topological polar surface area (TPSA) is 0 Å². The summed E-state index contributed by atoms with van der Waals surface area (Å²) in [4.78, 5) is 0. The molecule has 4 heteroatoms. The molecule has 0 amide bonds. The van der Waals surface area contributed by atoms with Gasteiger partial charge in [-0.15, -0.1) is 0 Å². The first-order valence-corrected chi connectivity index (χ1v) is 0. The van der Waals surface area contributed by atoms with Gasteiger partial charge in [-0.25, -0.2) is 0 Å². The van der Waals surface area contributed by atoms with E-state index in [1.165, 1.54) is 0 Å². The van der Waals surface area contributed by atoms with Crippen LogP contribution in [0, 0.1) is 0 Å². The zero-order valence-electron chi connectivity index (χ0n) is 1.79. The summed E-state index contributed by atoms with van der Waals surface area (Å²) in [5, 5.41) is 0. The fourth-order valence-corrected chi connectivity index (χ4v) is 0. The van der Waals surface area contributed by atoms with Crippen LogP contribution in [0.1, 0.15) is 0 Å². The van der Waals surface area contributed by atoms with E-state index >= 15 is 0 Å². The van der Waals surface area contributed by atoms with Crippen LogP contribution in [-0.2, 0) is 0 Å². The van der Waals surface area contributed by atoms with Gasteiger partial charge >= 0.3 is 0 Å². The van der Waals surface area contributed by atoms with Gasteiger partial charge in [-0.2, -0.15) is 0 Å². The van der Waals surface area contributed by atoms with Crippen molar-refractivity contribution in [3.05, 3.63) is 0 Å². The molecule has 0 saturated heterocycles. The summed E-state index contributed by atoms with van der Waals surface area (Å²) in [6, 6.07) is 0. The largest absolute Gasteiger partial charge is 0 e. The molecule has 0 bridgehead atoms. The Hall–Kier alpha value is 3.34. The molecule has 0 N–H and O–H groups in total. The molecule has 0 aromatic carbocycles. The molecule has 0 saturated carbocycles. The third kappa shape index (κ3) is 9.02. The third-order valence-electron chi connectivity index (χ3n) is 0. The van der Waals surface area contributed by atoms with Crippen LogP contribution >= 0.6 is 0 Å². The quantitative estimate of drug-likeness (QED) is 0.309. The summed E-state index contributed by atoms with van der Waals surface area (Å²) in [5.74, 6) is 0. The van der Waals surface area contributed by atoms with Crippen molar-refractivity contribution in [2.75, 3.05) is 0 Å². The SMILES string of the molecule is [Bi].[Sb].[Sb].[Sb]. The Morgan fingerprint density at radius 3 is 0.500 bits per heavy atom. The van der Waals surface area contributed by atoms with Crippen molar-refractivity contribution in [1.82, 2.24) is 0 Å². The maximum Gasteiger partial charge on any atom is 0 e. The molecule has 0 aromatic rings. The van der Waals surface area contributed by atoms with E-state index in [1.807, 2.05) is 0 Å². The average molecular weight is 574 g/mol. The van der Waals surface area contributed by atoms with Crippen molar-refractivity contribution in [3.8, 4) is 0 Å². The van der Waals surface area contributed by atoms with Gasteiger partial charge in [-0.1, -0.05) is 0 Å². The summed E-state index contributed by atoms with van der Waals surface area (Å²) in [6.45, 7) is 0. The van der Waals surface area contributed by atoms with Crippen molar-refractivity contribution in [2.45, 2.75) is 0 Å². The molecule has 0 atom stereocenters. The Bertz CT molecular complexity index is 3.25. The molecule has 0 aliphatic rings. The van der Waals surface area contributed by atoms with Crippen molar-refractivity contribution < 1.29 is 0 Å². The summed E-state index contributed by atoms with van der Waals surface area (Å²) in [5.41, 5.74) is 0. The first-order valence-electron chi connectivity index (χ1n) is 0. The van der Waals surface area contributed by atoms with Crippen molar-refractivity contribution in [3.63, 3.8) is 0 Å². The molecule has 4 heavy (non-hydrogen) atoms. The van der Waals surface area contributed by atoms with Crippen LogP contribution in [0.4, 0.5) is 0 Å². The molecule has 20 valence electrons. The van der Waals surface area contributed by atoms with E-state index < -0.39 is 0 Å². The van der Waals surface area contributed by atoms with Crippen LogP contribution < -0.4 is 0 Å². The molecule has 0 unspecified atom stereocenters. The van der Waals surface area contributed by atoms with Gasteiger partial charge in [0.25, 0.3) is 0 Å². The number of hydrogen-bond acceptors (Lipinski definition) is 0. The Kier molecular flexibility index (Phi) is 107. The molecular weight excluding hydrogens is 574 g/mol. The molecule has 0 spiro atoms. The minimum absolute atomic E-state index is 0. The predicted molar refractivity (Wildman–Crippen MR) is 23.0 cm³/mol. The van der Waals surface area contributed by atoms with E-state index in [0.29, 0.717) is 0 Å². The second-order valence-corrected chi connectivity index (χ2v) is 0. The zero-order chi connectivity index (χ0) is 0. The van der Waals surface area contributed by atoms with Crippen LogP contribution in [0.5, 0.6) is 0 Å². The predicted octanol–water partition coefficient (Wildman–Crippen LogP) is -1.52. The van der Waals surface area contributed by atoms with Gasteiger partial charge in [0.1, 0.15) is 0 Å². The first-order chi connectivity index (χ1) is 0. The molecule has 0 heterocycles. The van der Waals surface area contributed by atoms with Gasteiger partial charge < -0.3 is 0 Å². The third-order valence-corrected chi connectivity index (χ3v) is 0. The smallest absolute Gasteiger partial charge is 0 e. The standard InChI is InChI=1S/Bi.3Sb. The Labute approximate surface area is 97.3 Å². The fourth-order valence-electron chi connectivity index (χ4n) is 0. The molecule has 0 aromatic heterocycles. The van der Waals surface area contributed by atoms with Crippen molar-refractivity contribution >= 4 is 99.5 Å². The van der Waals surface area contributed by atoms with Gasteiger partial charge in [-0.3, -0.25) is 0 Å². The molecule has 0 aliphatic heterocycles. The second kappa shape index (κ2) is 16.2. The van der Waals surface area contributed by atoms with Gasteiger partial charge in [0.05, 0.1) is 0 Å². The molecular formula is BiSb3. The molecule has 0 nitrogen and oxygen atoms in total.